The fraction of sp³-hybridized carbons (Fsp3) is 0.724. The Morgan fingerprint density at radius 1 is 0.676 bits per heavy atom. The van der Waals surface area contributed by atoms with E-state index >= 15 is 0 Å². The standard InChI is InChI=1S/C29H44O5/c1-30-25-19-24(20-26(31-2)27(25)32-3)28(33-4)17-18-29(34-21-28,22-13-9-5-6-10-14-22)23-15-11-7-8-12-16-23/h17-20,22-23H,5-16,21H2,1-4H3. The quantitative estimate of drug-likeness (QED) is 0.322. The van der Waals surface area contributed by atoms with Crippen LogP contribution in [0.15, 0.2) is 24.3 Å². The molecule has 1 atom stereocenters. The van der Waals surface area contributed by atoms with Crippen LogP contribution in [0.2, 0.25) is 0 Å². The number of hydrogen-bond donors (Lipinski definition) is 0. The van der Waals surface area contributed by atoms with Crippen molar-refractivity contribution in [1.82, 2.24) is 0 Å². The summed E-state index contributed by atoms with van der Waals surface area (Å²) in [6.07, 6.45) is 20.5. The molecule has 0 aromatic heterocycles. The largest absolute Gasteiger partial charge is 0.493 e. The van der Waals surface area contributed by atoms with E-state index in [9.17, 15) is 0 Å². The van der Waals surface area contributed by atoms with Gasteiger partial charge in [0, 0.05) is 7.11 Å². The SMILES string of the molecule is COc1cc(C2(OC)C=CC(C3CCCCCC3)(C3CCCCCC3)OC2)cc(OC)c1OC. The minimum atomic E-state index is -0.689. The average molecular weight is 473 g/mol. The predicted molar refractivity (Wildman–Crippen MR) is 135 cm³/mol. The van der Waals surface area contributed by atoms with Crippen molar-refractivity contribution in [3.63, 3.8) is 0 Å². The molecule has 190 valence electrons. The van der Waals surface area contributed by atoms with Crippen molar-refractivity contribution in [2.24, 2.45) is 11.8 Å². The number of hydrogen-bond acceptors (Lipinski definition) is 5. The smallest absolute Gasteiger partial charge is 0.203 e. The summed E-state index contributed by atoms with van der Waals surface area (Å²) >= 11 is 0. The number of ether oxygens (including phenoxy) is 5. The van der Waals surface area contributed by atoms with Crippen LogP contribution >= 0.6 is 0 Å². The van der Waals surface area contributed by atoms with Crippen molar-refractivity contribution in [3.05, 3.63) is 29.8 Å². The van der Waals surface area contributed by atoms with Gasteiger partial charge < -0.3 is 23.7 Å². The first-order valence-corrected chi connectivity index (χ1v) is 13.3. The van der Waals surface area contributed by atoms with Gasteiger partial charge in [-0.3, -0.25) is 0 Å². The Kier molecular flexibility index (Phi) is 8.47. The predicted octanol–water partition coefficient (Wildman–Crippen LogP) is 6.82. The van der Waals surface area contributed by atoms with Crippen LogP contribution in [-0.4, -0.2) is 40.6 Å². The lowest BCUT2D eigenvalue weighted by Crippen LogP contribution is -2.52. The zero-order chi connectivity index (χ0) is 24.0. The summed E-state index contributed by atoms with van der Waals surface area (Å²) in [5.74, 6) is 3.03. The van der Waals surface area contributed by atoms with Crippen molar-refractivity contribution >= 4 is 0 Å². The van der Waals surface area contributed by atoms with Crippen molar-refractivity contribution in [2.75, 3.05) is 35.0 Å². The monoisotopic (exact) mass is 472 g/mol. The highest BCUT2D eigenvalue weighted by Crippen LogP contribution is 2.50. The Balaban J connectivity index is 1.74. The van der Waals surface area contributed by atoms with Crippen LogP contribution in [0.4, 0.5) is 0 Å². The highest BCUT2D eigenvalue weighted by Gasteiger charge is 2.49. The van der Waals surface area contributed by atoms with Crippen LogP contribution in [-0.2, 0) is 15.1 Å². The molecule has 5 heteroatoms. The first-order chi connectivity index (χ1) is 16.6. The first-order valence-electron chi connectivity index (χ1n) is 13.3. The molecule has 1 aliphatic heterocycles. The molecule has 34 heavy (non-hydrogen) atoms. The summed E-state index contributed by atoms with van der Waals surface area (Å²) in [5, 5.41) is 0. The summed E-state index contributed by atoms with van der Waals surface area (Å²) in [6.45, 7) is 0.492. The van der Waals surface area contributed by atoms with Crippen LogP contribution in [0.5, 0.6) is 17.2 Å². The molecule has 0 bridgehead atoms. The molecule has 0 spiro atoms. The van der Waals surface area contributed by atoms with E-state index in [4.69, 9.17) is 23.7 Å². The van der Waals surface area contributed by atoms with Crippen molar-refractivity contribution in [2.45, 2.75) is 88.3 Å². The van der Waals surface area contributed by atoms with Crippen LogP contribution < -0.4 is 14.2 Å². The molecule has 1 aromatic rings. The van der Waals surface area contributed by atoms with Gasteiger partial charge in [-0.2, -0.15) is 0 Å². The van der Waals surface area contributed by atoms with Crippen molar-refractivity contribution < 1.29 is 23.7 Å². The molecule has 1 aromatic carbocycles. The van der Waals surface area contributed by atoms with Gasteiger partial charge in [0.05, 0.1) is 33.5 Å². The van der Waals surface area contributed by atoms with E-state index < -0.39 is 5.60 Å². The maximum absolute atomic E-state index is 7.10. The molecule has 0 saturated heterocycles. The Morgan fingerprint density at radius 2 is 1.18 bits per heavy atom. The van der Waals surface area contributed by atoms with E-state index in [1.807, 2.05) is 12.1 Å². The highest BCUT2D eigenvalue weighted by molar-refractivity contribution is 5.56. The van der Waals surface area contributed by atoms with Gasteiger partial charge in [-0.1, -0.05) is 57.4 Å². The van der Waals surface area contributed by atoms with Crippen LogP contribution in [0.25, 0.3) is 0 Å². The van der Waals surface area contributed by atoms with Gasteiger partial charge in [0.25, 0.3) is 0 Å². The van der Waals surface area contributed by atoms with E-state index in [1.54, 1.807) is 28.4 Å². The minimum Gasteiger partial charge on any atom is -0.493 e. The van der Waals surface area contributed by atoms with Crippen LogP contribution in [0, 0.1) is 11.8 Å². The van der Waals surface area contributed by atoms with Gasteiger partial charge in [0.2, 0.25) is 5.75 Å². The topological polar surface area (TPSA) is 46.2 Å². The number of methoxy groups -OCH3 is 4. The molecule has 1 unspecified atom stereocenters. The van der Waals surface area contributed by atoms with E-state index in [0.29, 0.717) is 35.7 Å². The lowest BCUT2D eigenvalue weighted by atomic mass is 9.68. The molecule has 0 radical (unpaired) electrons. The average Bonchev–Trinajstić information content (AvgIpc) is 3.34. The molecule has 2 saturated carbocycles. The third-order valence-electron chi connectivity index (χ3n) is 8.65. The second kappa shape index (κ2) is 11.3. The summed E-state index contributed by atoms with van der Waals surface area (Å²) in [5.41, 5.74) is 0.0828. The van der Waals surface area contributed by atoms with Crippen molar-refractivity contribution in [1.29, 1.82) is 0 Å². The highest BCUT2D eigenvalue weighted by atomic mass is 16.6. The summed E-state index contributed by atoms with van der Waals surface area (Å²) in [4.78, 5) is 0. The Morgan fingerprint density at radius 3 is 1.53 bits per heavy atom. The molecular weight excluding hydrogens is 428 g/mol. The van der Waals surface area contributed by atoms with E-state index in [-0.39, 0.29) is 5.60 Å². The second-order valence-electron chi connectivity index (χ2n) is 10.4. The summed E-state index contributed by atoms with van der Waals surface area (Å²) < 4.78 is 30.1. The second-order valence-corrected chi connectivity index (χ2v) is 10.4. The van der Waals surface area contributed by atoms with Gasteiger partial charge in [0.15, 0.2) is 11.5 Å². The molecule has 3 aliphatic rings. The Labute approximate surface area is 206 Å². The maximum atomic E-state index is 7.10. The zero-order valence-corrected chi connectivity index (χ0v) is 21.7. The fourth-order valence-electron chi connectivity index (χ4n) is 6.65. The number of benzene rings is 1. The fourth-order valence-corrected chi connectivity index (χ4v) is 6.65. The normalized spacial score (nSPS) is 26.5. The molecule has 1 heterocycles. The third-order valence-corrected chi connectivity index (χ3v) is 8.65. The van der Waals surface area contributed by atoms with Crippen LogP contribution in [0.1, 0.15) is 82.6 Å². The maximum Gasteiger partial charge on any atom is 0.203 e. The molecule has 2 fully saturated rings. The Bertz CT molecular complexity index is 773. The van der Waals surface area contributed by atoms with Gasteiger partial charge in [0.1, 0.15) is 5.60 Å². The van der Waals surface area contributed by atoms with Gasteiger partial charge in [-0.15, -0.1) is 0 Å². The summed E-state index contributed by atoms with van der Waals surface area (Å²) in [7, 11) is 6.69. The van der Waals surface area contributed by atoms with Gasteiger partial charge >= 0.3 is 0 Å². The third kappa shape index (κ3) is 4.83. The molecule has 5 nitrogen and oxygen atoms in total. The van der Waals surface area contributed by atoms with E-state index in [2.05, 4.69) is 12.2 Å². The van der Waals surface area contributed by atoms with E-state index in [0.717, 1.165) is 5.56 Å². The van der Waals surface area contributed by atoms with Gasteiger partial charge in [-0.25, -0.2) is 0 Å². The Hall–Kier alpha value is -1.72. The lowest BCUT2D eigenvalue weighted by molar-refractivity contribution is -0.161. The molecule has 0 amide bonds. The van der Waals surface area contributed by atoms with Gasteiger partial charge in [-0.05, 0) is 61.3 Å². The van der Waals surface area contributed by atoms with E-state index in [1.165, 1.54) is 77.0 Å². The van der Waals surface area contributed by atoms with Crippen molar-refractivity contribution in [3.8, 4) is 17.2 Å². The molecule has 4 rings (SSSR count). The minimum absolute atomic E-state index is 0.183. The zero-order valence-electron chi connectivity index (χ0n) is 21.7. The number of rotatable bonds is 7. The molecule has 2 aliphatic carbocycles. The molecule has 0 N–H and O–H groups in total. The molecular formula is C29H44O5. The first kappa shape index (κ1) is 25.4. The van der Waals surface area contributed by atoms with Crippen LogP contribution in [0.3, 0.4) is 0 Å². The lowest BCUT2D eigenvalue weighted by Gasteiger charge is -2.49. The summed E-state index contributed by atoms with van der Waals surface area (Å²) in [6, 6.07) is 3.98.